The number of benzene rings is 1. The number of nitrogens with two attached hydrogens (primary N) is 1. The molecule has 0 aliphatic carbocycles. The van der Waals surface area contributed by atoms with Crippen molar-refractivity contribution in [2.75, 3.05) is 12.3 Å². The molecule has 3 N–H and O–H groups in total. The van der Waals surface area contributed by atoms with Crippen LogP contribution in [0, 0.1) is 5.92 Å². The minimum Gasteiger partial charge on any atom is -0.382 e. The summed E-state index contributed by atoms with van der Waals surface area (Å²) in [7, 11) is 0. The minimum absolute atomic E-state index is 0.0498. The first kappa shape index (κ1) is 14.6. The number of aromatic amines is 1. The number of carbonyl (C=O) groups excluding carboxylic acids is 1. The maximum atomic E-state index is 12.3. The number of nitrogen functional groups attached to an aromatic ring is 1. The van der Waals surface area contributed by atoms with Crippen LogP contribution in [0.15, 0.2) is 36.4 Å². The quantitative estimate of drug-likeness (QED) is 0.910. The molecule has 1 aliphatic rings. The lowest BCUT2D eigenvalue weighted by molar-refractivity contribution is -0.166. The van der Waals surface area contributed by atoms with Crippen molar-refractivity contribution >= 4 is 11.8 Å². The van der Waals surface area contributed by atoms with E-state index in [0.717, 1.165) is 18.5 Å². The molecule has 0 spiro atoms. The zero-order valence-corrected chi connectivity index (χ0v) is 12.5. The third-order valence-corrected chi connectivity index (χ3v) is 4.03. The number of nitrogens with one attached hydrogen (secondary N) is 1. The number of hydrogen-bond acceptors (Lipinski definition) is 5. The largest absolute Gasteiger partial charge is 0.382 e. The van der Waals surface area contributed by atoms with Gasteiger partial charge in [0, 0.05) is 12.6 Å². The van der Waals surface area contributed by atoms with Crippen LogP contribution in [0.3, 0.4) is 0 Å². The van der Waals surface area contributed by atoms with Gasteiger partial charge in [0.05, 0.1) is 17.3 Å². The highest BCUT2D eigenvalue weighted by Crippen LogP contribution is 2.35. The average Bonchev–Trinajstić information content (AvgIpc) is 2.94. The number of hydroxylamine groups is 2. The lowest BCUT2D eigenvalue weighted by Gasteiger charge is -2.37. The first-order valence-corrected chi connectivity index (χ1v) is 7.50. The summed E-state index contributed by atoms with van der Waals surface area (Å²) in [4.78, 5) is 17.9. The van der Waals surface area contributed by atoms with Crippen LogP contribution < -0.4 is 5.73 Å². The van der Waals surface area contributed by atoms with E-state index in [9.17, 15) is 4.79 Å². The van der Waals surface area contributed by atoms with Crippen LogP contribution in [-0.4, -0.2) is 27.8 Å². The Morgan fingerprint density at radius 1 is 1.41 bits per heavy atom. The van der Waals surface area contributed by atoms with Crippen LogP contribution in [-0.2, 0) is 4.84 Å². The summed E-state index contributed by atoms with van der Waals surface area (Å²) in [6, 6.07) is 10.8. The molecular weight excluding hydrogens is 280 g/mol. The van der Waals surface area contributed by atoms with Crippen LogP contribution in [0.4, 0.5) is 5.82 Å². The Kier molecular flexibility index (Phi) is 4.11. The SMILES string of the molecule is CC1CCCN(OC(=O)c2ccccc2)C1c1cc(N)n[nH]1. The Balaban J connectivity index is 1.79. The highest BCUT2D eigenvalue weighted by atomic mass is 16.7. The van der Waals surface area contributed by atoms with Gasteiger partial charge in [-0.15, -0.1) is 5.06 Å². The van der Waals surface area contributed by atoms with Gasteiger partial charge in [-0.3, -0.25) is 5.10 Å². The van der Waals surface area contributed by atoms with Crippen molar-refractivity contribution in [2.45, 2.75) is 25.8 Å². The van der Waals surface area contributed by atoms with Gasteiger partial charge in [-0.05, 0) is 30.9 Å². The van der Waals surface area contributed by atoms with Gasteiger partial charge in [-0.1, -0.05) is 25.1 Å². The van der Waals surface area contributed by atoms with Crippen molar-refractivity contribution in [3.63, 3.8) is 0 Å². The molecule has 1 saturated heterocycles. The minimum atomic E-state index is -0.341. The molecule has 2 heterocycles. The number of nitrogens with zero attached hydrogens (tertiary/aromatic N) is 2. The summed E-state index contributed by atoms with van der Waals surface area (Å²) in [5.74, 6) is 0.450. The van der Waals surface area contributed by atoms with Gasteiger partial charge in [-0.2, -0.15) is 5.10 Å². The Labute approximate surface area is 129 Å². The summed E-state index contributed by atoms with van der Waals surface area (Å²) in [5.41, 5.74) is 7.12. The second-order valence-electron chi connectivity index (χ2n) is 5.70. The fourth-order valence-electron chi connectivity index (χ4n) is 2.95. The van der Waals surface area contributed by atoms with E-state index in [4.69, 9.17) is 10.6 Å². The number of hydrogen-bond donors (Lipinski definition) is 2. The highest BCUT2D eigenvalue weighted by Gasteiger charge is 2.34. The molecular formula is C16H20N4O2. The number of carbonyl (C=O) groups is 1. The molecule has 1 aromatic heterocycles. The van der Waals surface area contributed by atoms with Crippen LogP contribution in [0.5, 0.6) is 0 Å². The van der Waals surface area contributed by atoms with Crippen molar-refractivity contribution in [2.24, 2.45) is 5.92 Å². The van der Waals surface area contributed by atoms with E-state index in [1.165, 1.54) is 0 Å². The zero-order valence-electron chi connectivity index (χ0n) is 12.5. The van der Waals surface area contributed by atoms with Crippen LogP contribution in [0.25, 0.3) is 0 Å². The summed E-state index contributed by atoms with van der Waals surface area (Å²) in [6.07, 6.45) is 2.06. The van der Waals surface area contributed by atoms with Gasteiger partial charge < -0.3 is 10.6 Å². The van der Waals surface area contributed by atoms with Crippen molar-refractivity contribution in [3.05, 3.63) is 47.7 Å². The molecule has 6 nitrogen and oxygen atoms in total. The lowest BCUT2D eigenvalue weighted by atomic mass is 9.90. The number of anilines is 1. The molecule has 1 aromatic carbocycles. The molecule has 1 aliphatic heterocycles. The van der Waals surface area contributed by atoms with E-state index in [0.29, 0.717) is 23.8 Å². The van der Waals surface area contributed by atoms with Gasteiger partial charge in [0.2, 0.25) is 0 Å². The molecule has 0 saturated carbocycles. The highest BCUT2D eigenvalue weighted by molar-refractivity contribution is 5.89. The van der Waals surface area contributed by atoms with E-state index in [1.54, 1.807) is 23.3 Å². The molecule has 22 heavy (non-hydrogen) atoms. The van der Waals surface area contributed by atoms with Gasteiger partial charge in [0.1, 0.15) is 5.82 Å². The Hall–Kier alpha value is -2.34. The molecule has 0 radical (unpaired) electrons. The summed E-state index contributed by atoms with van der Waals surface area (Å²) in [6.45, 7) is 2.84. The van der Waals surface area contributed by atoms with Crippen molar-refractivity contribution in [1.29, 1.82) is 0 Å². The maximum Gasteiger partial charge on any atom is 0.357 e. The molecule has 0 amide bonds. The smallest absolute Gasteiger partial charge is 0.357 e. The average molecular weight is 300 g/mol. The predicted molar refractivity (Wildman–Crippen MR) is 82.7 cm³/mol. The normalized spacial score (nSPS) is 22.4. The Morgan fingerprint density at radius 3 is 2.86 bits per heavy atom. The second-order valence-corrected chi connectivity index (χ2v) is 5.70. The van der Waals surface area contributed by atoms with E-state index < -0.39 is 0 Å². The zero-order chi connectivity index (χ0) is 15.5. The summed E-state index contributed by atoms with van der Waals surface area (Å²) < 4.78 is 0. The molecule has 2 unspecified atom stereocenters. The van der Waals surface area contributed by atoms with Gasteiger partial charge in [-0.25, -0.2) is 4.79 Å². The van der Waals surface area contributed by atoms with E-state index in [2.05, 4.69) is 17.1 Å². The van der Waals surface area contributed by atoms with Crippen LogP contribution >= 0.6 is 0 Å². The standard InChI is InChI=1S/C16H20N4O2/c1-11-6-5-9-20(15(11)13-10-14(17)19-18-13)22-16(21)12-7-3-2-4-8-12/h2-4,7-8,10-11,15H,5-6,9H2,1H3,(H3,17,18,19). The molecule has 6 heteroatoms. The second kappa shape index (κ2) is 6.19. The van der Waals surface area contributed by atoms with E-state index >= 15 is 0 Å². The fourth-order valence-corrected chi connectivity index (χ4v) is 2.95. The summed E-state index contributed by atoms with van der Waals surface area (Å²) >= 11 is 0. The summed E-state index contributed by atoms with van der Waals surface area (Å²) in [5, 5.41) is 8.67. The van der Waals surface area contributed by atoms with Crippen LogP contribution in [0.2, 0.25) is 0 Å². The van der Waals surface area contributed by atoms with E-state index in [1.807, 2.05) is 18.2 Å². The lowest BCUT2D eigenvalue weighted by Crippen LogP contribution is -2.39. The molecule has 0 bridgehead atoms. The van der Waals surface area contributed by atoms with Crippen molar-refractivity contribution < 1.29 is 9.63 Å². The van der Waals surface area contributed by atoms with Crippen molar-refractivity contribution in [3.8, 4) is 0 Å². The fraction of sp³-hybridized carbons (Fsp3) is 0.375. The monoisotopic (exact) mass is 300 g/mol. The predicted octanol–water partition coefficient (Wildman–Crippen LogP) is 2.54. The third kappa shape index (κ3) is 2.96. The number of aromatic nitrogens is 2. The molecule has 1 fully saturated rings. The first-order chi connectivity index (χ1) is 10.6. The third-order valence-electron chi connectivity index (χ3n) is 4.03. The van der Waals surface area contributed by atoms with Gasteiger partial charge >= 0.3 is 5.97 Å². The first-order valence-electron chi connectivity index (χ1n) is 7.50. The molecule has 116 valence electrons. The van der Waals surface area contributed by atoms with E-state index in [-0.39, 0.29) is 12.0 Å². The van der Waals surface area contributed by atoms with Gasteiger partial charge in [0.15, 0.2) is 0 Å². The number of piperidine rings is 1. The topological polar surface area (TPSA) is 84.2 Å². The number of H-pyrrole nitrogens is 1. The molecule has 2 atom stereocenters. The Bertz CT molecular complexity index is 641. The number of rotatable bonds is 3. The Morgan fingerprint density at radius 2 is 2.18 bits per heavy atom. The maximum absolute atomic E-state index is 12.3. The molecule has 2 aromatic rings. The van der Waals surface area contributed by atoms with Gasteiger partial charge in [0.25, 0.3) is 0 Å². The molecule has 3 rings (SSSR count). The van der Waals surface area contributed by atoms with Crippen LogP contribution in [0.1, 0.15) is 41.9 Å². The van der Waals surface area contributed by atoms with Crippen molar-refractivity contribution in [1.82, 2.24) is 15.3 Å².